The number of carboxylic acids is 1. The average molecular weight is 512 g/mol. The normalized spacial score (nSPS) is 11.3. The number of nitrogens with zero attached hydrogens (tertiary/aromatic N) is 2. The highest BCUT2D eigenvalue weighted by Crippen LogP contribution is 2.33. The summed E-state index contributed by atoms with van der Waals surface area (Å²) >= 11 is 6.98. The molecular weight excluding hydrogens is 493 g/mol. The molecular formula is C25H19ClFN3O4S. The van der Waals surface area contributed by atoms with E-state index in [1.54, 1.807) is 54.6 Å². The van der Waals surface area contributed by atoms with Gasteiger partial charge in [0.2, 0.25) is 5.16 Å². The molecule has 0 saturated heterocycles. The predicted octanol–water partition coefficient (Wildman–Crippen LogP) is 6.07. The maximum atomic E-state index is 13.1. The van der Waals surface area contributed by atoms with E-state index in [-0.39, 0.29) is 22.5 Å². The first-order valence-electron chi connectivity index (χ1n) is 10.3. The van der Waals surface area contributed by atoms with Crippen LogP contribution >= 0.6 is 23.4 Å². The van der Waals surface area contributed by atoms with Gasteiger partial charge in [-0.2, -0.15) is 0 Å². The van der Waals surface area contributed by atoms with Crippen LogP contribution in [0.15, 0.2) is 76.8 Å². The second-order valence-corrected chi connectivity index (χ2v) is 8.63. The molecule has 1 heterocycles. The van der Waals surface area contributed by atoms with Gasteiger partial charge in [-0.15, -0.1) is 5.10 Å². The van der Waals surface area contributed by atoms with Crippen LogP contribution in [-0.2, 0) is 11.4 Å². The number of nitrogens with one attached hydrogen (secondary N) is 1. The molecule has 0 aliphatic heterocycles. The van der Waals surface area contributed by atoms with Crippen molar-refractivity contribution in [2.45, 2.75) is 11.8 Å². The fourth-order valence-corrected chi connectivity index (χ4v) is 4.00. The smallest absolute Gasteiger partial charge is 0.342 e. The third-order valence-corrected chi connectivity index (χ3v) is 5.92. The van der Waals surface area contributed by atoms with Gasteiger partial charge < -0.3 is 14.6 Å². The molecule has 3 aromatic carbocycles. The number of H-pyrrole nitrogens is 1. The summed E-state index contributed by atoms with van der Waals surface area (Å²) in [5.74, 6) is -0.0577. The van der Waals surface area contributed by atoms with E-state index in [1.807, 2.05) is 0 Å². The lowest BCUT2D eigenvalue weighted by molar-refractivity contribution is -0.131. The first-order valence-corrected chi connectivity index (χ1v) is 11.5. The Kier molecular flexibility index (Phi) is 7.69. The Morgan fingerprint density at radius 1 is 1.14 bits per heavy atom. The summed E-state index contributed by atoms with van der Waals surface area (Å²) in [5.41, 5.74) is 1.94. The Balaban J connectivity index is 1.56. The van der Waals surface area contributed by atoms with Gasteiger partial charge in [0.05, 0.1) is 12.7 Å². The number of hydrogen-bond acceptors (Lipinski definition) is 6. The monoisotopic (exact) mass is 511 g/mol. The predicted molar refractivity (Wildman–Crippen MR) is 132 cm³/mol. The van der Waals surface area contributed by atoms with E-state index >= 15 is 0 Å². The van der Waals surface area contributed by atoms with Gasteiger partial charge in [-0.3, -0.25) is 5.10 Å². The zero-order valence-electron chi connectivity index (χ0n) is 18.4. The number of aliphatic carboxylic acids is 1. The minimum Gasteiger partial charge on any atom is -0.496 e. The molecule has 2 N–H and O–H groups in total. The standard InChI is InChI=1S/C25H19ClFN3O4S/c1-33-21-11-8-17(26)13-19(21)23-28-25(30-29-23)35-22(24(31)32)12-16-4-2-3-5-20(16)34-14-15-6-9-18(27)10-7-15/h2-13H,14H2,1H3,(H,31,32)(H,28,29,30)/b22-12-. The van der Waals surface area contributed by atoms with Gasteiger partial charge in [0, 0.05) is 10.6 Å². The average Bonchev–Trinajstić information content (AvgIpc) is 3.32. The van der Waals surface area contributed by atoms with Gasteiger partial charge in [0.1, 0.15) is 28.8 Å². The highest BCUT2D eigenvalue weighted by Gasteiger charge is 2.17. The summed E-state index contributed by atoms with van der Waals surface area (Å²) in [7, 11) is 1.53. The van der Waals surface area contributed by atoms with Crippen molar-refractivity contribution in [1.29, 1.82) is 0 Å². The van der Waals surface area contributed by atoms with Gasteiger partial charge in [0.15, 0.2) is 5.82 Å². The lowest BCUT2D eigenvalue weighted by atomic mass is 10.2. The molecule has 0 amide bonds. The maximum Gasteiger partial charge on any atom is 0.342 e. The number of carboxylic acid groups (broad SMARTS) is 1. The lowest BCUT2D eigenvalue weighted by Crippen LogP contribution is -2.00. The summed E-state index contributed by atoms with van der Waals surface area (Å²) < 4.78 is 24.3. The van der Waals surface area contributed by atoms with Crippen LogP contribution in [-0.4, -0.2) is 33.4 Å². The fourth-order valence-electron chi connectivity index (χ4n) is 3.13. The molecule has 10 heteroatoms. The zero-order valence-corrected chi connectivity index (χ0v) is 19.9. The number of aromatic nitrogens is 3. The lowest BCUT2D eigenvalue weighted by Gasteiger charge is -2.10. The van der Waals surface area contributed by atoms with Crippen molar-refractivity contribution >= 4 is 35.4 Å². The molecule has 0 unspecified atom stereocenters. The van der Waals surface area contributed by atoms with Crippen molar-refractivity contribution in [3.8, 4) is 22.9 Å². The van der Waals surface area contributed by atoms with Crippen molar-refractivity contribution < 1.29 is 23.8 Å². The highest BCUT2D eigenvalue weighted by atomic mass is 35.5. The molecule has 4 aromatic rings. The van der Waals surface area contributed by atoms with Crippen molar-refractivity contribution in [2.24, 2.45) is 0 Å². The van der Waals surface area contributed by atoms with E-state index in [0.29, 0.717) is 33.5 Å². The largest absolute Gasteiger partial charge is 0.496 e. The number of hydrogen-bond donors (Lipinski definition) is 2. The second-order valence-electron chi connectivity index (χ2n) is 7.18. The van der Waals surface area contributed by atoms with Crippen LogP contribution in [0.5, 0.6) is 11.5 Å². The van der Waals surface area contributed by atoms with E-state index in [4.69, 9.17) is 21.1 Å². The molecule has 7 nitrogen and oxygen atoms in total. The van der Waals surface area contributed by atoms with Gasteiger partial charge >= 0.3 is 5.97 Å². The number of methoxy groups -OCH3 is 1. The molecule has 35 heavy (non-hydrogen) atoms. The third-order valence-electron chi connectivity index (χ3n) is 4.81. The Morgan fingerprint density at radius 3 is 2.66 bits per heavy atom. The molecule has 1 aromatic heterocycles. The number of para-hydroxylation sites is 1. The molecule has 0 saturated carbocycles. The Labute approximate surface area is 209 Å². The van der Waals surface area contributed by atoms with Crippen molar-refractivity contribution in [1.82, 2.24) is 15.2 Å². The van der Waals surface area contributed by atoms with E-state index in [9.17, 15) is 14.3 Å². The minimum absolute atomic E-state index is 0.00792. The summed E-state index contributed by atoms with van der Waals surface area (Å²) in [6.45, 7) is 0.201. The van der Waals surface area contributed by atoms with Gasteiger partial charge in [0.25, 0.3) is 0 Å². The van der Waals surface area contributed by atoms with Crippen LogP contribution < -0.4 is 9.47 Å². The fraction of sp³-hybridized carbons (Fsp3) is 0.0800. The molecule has 4 rings (SSSR count). The quantitative estimate of drug-likeness (QED) is 0.208. The Hall–Kier alpha value is -3.82. The van der Waals surface area contributed by atoms with Gasteiger partial charge in [-0.1, -0.05) is 41.9 Å². The van der Waals surface area contributed by atoms with Crippen LogP contribution in [0, 0.1) is 5.82 Å². The number of ether oxygens (including phenoxy) is 2. The minimum atomic E-state index is -1.14. The van der Waals surface area contributed by atoms with Crippen molar-refractivity contribution in [2.75, 3.05) is 7.11 Å². The van der Waals surface area contributed by atoms with E-state index in [0.717, 1.165) is 17.3 Å². The topological polar surface area (TPSA) is 97.3 Å². The number of halogens is 2. The second kappa shape index (κ2) is 11.1. The van der Waals surface area contributed by atoms with Crippen molar-refractivity contribution in [3.05, 3.63) is 93.6 Å². The molecule has 0 atom stereocenters. The Morgan fingerprint density at radius 2 is 1.91 bits per heavy atom. The molecule has 0 fully saturated rings. The van der Waals surface area contributed by atoms with Crippen LogP contribution in [0.2, 0.25) is 5.02 Å². The first kappa shape index (κ1) is 24.3. The molecule has 0 radical (unpaired) electrons. The van der Waals surface area contributed by atoms with Crippen LogP contribution in [0.3, 0.4) is 0 Å². The van der Waals surface area contributed by atoms with Gasteiger partial charge in [-0.05, 0) is 59.8 Å². The molecule has 178 valence electrons. The first-order chi connectivity index (χ1) is 16.9. The Bertz CT molecular complexity index is 1380. The number of aromatic amines is 1. The SMILES string of the molecule is COc1ccc(Cl)cc1-c1nc(S/C(=C\c2ccccc2OCc2ccc(F)cc2)C(=O)O)n[nH]1. The number of thioether (sulfide) groups is 1. The molecule has 0 aliphatic carbocycles. The molecule has 0 aliphatic rings. The number of rotatable bonds is 9. The van der Waals surface area contributed by atoms with Crippen LogP contribution in [0.1, 0.15) is 11.1 Å². The summed E-state index contributed by atoms with van der Waals surface area (Å²) in [4.78, 5) is 16.4. The molecule has 0 bridgehead atoms. The molecule has 0 spiro atoms. The summed E-state index contributed by atoms with van der Waals surface area (Å²) in [6, 6.07) is 18.1. The van der Waals surface area contributed by atoms with Crippen LogP contribution in [0.4, 0.5) is 4.39 Å². The number of benzene rings is 3. The highest BCUT2D eigenvalue weighted by molar-refractivity contribution is 8.04. The third kappa shape index (κ3) is 6.20. The van der Waals surface area contributed by atoms with E-state index in [2.05, 4.69) is 15.2 Å². The summed E-state index contributed by atoms with van der Waals surface area (Å²) in [5, 5.41) is 17.4. The van der Waals surface area contributed by atoms with Crippen LogP contribution in [0.25, 0.3) is 17.5 Å². The summed E-state index contributed by atoms with van der Waals surface area (Å²) in [6.07, 6.45) is 1.49. The number of carbonyl (C=O) groups is 1. The van der Waals surface area contributed by atoms with E-state index < -0.39 is 5.97 Å². The maximum absolute atomic E-state index is 13.1. The van der Waals surface area contributed by atoms with Crippen molar-refractivity contribution in [3.63, 3.8) is 0 Å². The van der Waals surface area contributed by atoms with Gasteiger partial charge in [-0.25, -0.2) is 14.2 Å². The van der Waals surface area contributed by atoms with E-state index in [1.165, 1.54) is 25.3 Å². The zero-order chi connectivity index (χ0) is 24.8.